The van der Waals surface area contributed by atoms with E-state index >= 15 is 0 Å². The van der Waals surface area contributed by atoms with Crippen molar-refractivity contribution in [2.24, 2.45) is 7.05 Å². The van der Waals surface area contributed by atoms with Gasteiger partial charge in [0.2, 0.25) is 11.7 Å². The number of amides is 1. The van der Waals surface area contributed by atoms with Gasteiger partial charge in [-0.25, -0.2) is 14.3 Å². The fourth-order valence-electron chi connectivity index (χ4n) is 3.28. The number of β-lactam (4-membered cyclic amide) rings is 1. The zero-order valence-corrected chi connectivity index (χ0v) is 18.3. The normalized spacial score (nSPS) is 19.7. The van der Waals surface area contributed by atoms with Crippen LogP contribution in [-0.2, 0) is 28.0 Å². The number of carboxylic acid groups (broad SMARTS) is 2. The predicted molar refractivity (Wildman–Crippen MR) is 111 cm³/mol. The molecule has 0 aliphatic carbocycles. The van der Waals surface area contributed by atoms with Gasteiger partial charge < -0.3 is 21.0 Å². The van der Waals surface area contributed by atoms with E-state index in [0.717, 1.165) is 0 Å². The number of hydrogen-bond donors (Lipinski definition) is 3. The van der Waals surface area contributed by atoms with Gasteiger partial charge in [0.1, 0.15) is 17.1 Å². The molecule has 1 unspecified atom stereocenters. The van der Waals surface area contributed by atoms with Crippen molar-refractivity contribution in [2.75, 3.05) is 16.8 Å². The van der Waals surface area contributed by atoms with Crippen LogP contribution in [-0.4, -0.2) is 81.6 Å². The molecule has 170 valence electrons. The first-order chi connectivity index (χ1) is 14.8. The van der Waals surface area contributed by atoms with Crippen LogP contribution < -0.4 is 9.88 Å². The molecule has 2 atom stereocenters. The second kappa shape index (κ2) is 9.54. The van der Waals surface area contributed by atoms with E-state index in [1.165, 1.54) is 37.7 Å². The molecule has 32 heavy (non-hydrogen) atoms. The molecule has 13 nitrogen and oxygen atoms in total. The van der Waals surface area contributed by atoms with Gasteiger partial charge in [0.05, 0.1) is 0 Å². The summed E-state index contributed by atoms with van der Waals surface area (Å²) < 4.78 is 3.00. The molecule has 2 aliphatic rings. The molecule has 0 spiro atoms. The average molecular weight is 482 g/mol. The van der Waals surface area contributed by atoms with Crippen molar-refractivity contribution in [3.8, 4) is 0 Å². The van der Waals surface area contributed by atoms with Crippen molar-refractivity contribution in [2.45, 2.75) is 23.1 Å². The maximum Gasteiger partial charge on any atom is 0.370 e. The number of fused-ring (bicyclic) bond motifs is 1. The standard InChI is InChI=1S/C17H17N7O5S2.H2O/c1-22-17(19-20-21-22)31-8-9-7-30-15-12(14(27)24(15)13(9)16(28)29)18-10-2-4-23(5-3-10)6-11(25)26;/h2-5,12,15H,6-8H2,1H3,(H2,25,26,28,29);1H2/t12-,15?;/m0./s1. The maximum atomic E-state index is 12.8. The second-order valence-electron chi connectivity index (χ2n) is 6.82. The minimum absolute atomic E-state index is 0. The lowest BCUT2D eigenvalue weighted by Gasteiger charge is -2.49. The number of rotatable bonds is 8. The summed E-state index contributed by atoms with van der Waals surface area (Å²) in [5.74, 6) is -1.58. The first kappa shape index (κ1) is 23.5. The number of carboxylic acids is 2. The van der Waals surface area contributed by atoms with Crippen LogP contribution in [0.1, 0.15) is 0 Å². The van der Waals surface area contributed by atoms with E-state index in [9.17, 15) is 19.5 Å². The number of nitrogens with one attached hydrogen (secondary N) is 1. The van der Waals surface area contributed by atoms with Gasteiger partial charge in [0.15, 0.2) is 12.4 Å². The number of tetrazole rings is 1. The Morgan fingerprint density at radius 3 is 2.66 bits per heavy atom. The first-order valence-electron chi connectivity index (χ1n) is 9.07. The van der Waals surface area contributed by atoms with Crippen molar-refractivity contribution in [3.63, 3.8) is 0 Å². The Bertz CT molecular complexity index is 1070. The SMILES string of the molecule is Cn1nnnc1SCC1=C(C(=O)O)N2C(=O)[C@H](Nc3cc[n+](CC(=O)O)cc3)C2SC1.[OH-]. The molecule has 15 heteroatoms. The van der Waals surface area contributed by atoms with Gasteiger partial charge in [0, 0.05) is 36.4 Å². The first-order valence-corrected chi connectivity index (χ1v) is 11.1. The number of thioether (sulfide) groups is 2. The highest BCUT2D eigenvalue weighted by atomic mass is 32.2. The van der Waals surface area contributed by atoms with Crippen molar-refractivity contribution >= 4 is 47.1 Å². The monoisotopic (exact) mass is 481 g/mol. The van der Waals surface area contributed by atoms with Crippen LogP contribution in [0.3, 0.4) is 0 Å². The lowest BCUT2D eigenvalue weighted by molar-refractivity contribution is -0.685. The van der Waals surface area contributed by atoms with Gasteiger partial charge in [-0.3, -0.25) is 9.69 Å². The number of carbonyl (C=O) groups excluding carboxylic acids is 1. The second-order valence-corrected chi connectivity index (χ2v) is 8.86. The zero-order chi connectivity index (χ0) is 22.1. The number of aliphatic carboxylic acids is 2. The Morgan fingerprint density at radius 2 is 2.06 bits per heavy atom. The Labute approximate surface area is 189 Å². The number of pyridine rings is 1. The largest absolute Gasteiger partial charge is 0.870 e. The molecule has 0 radical (unpaired) electrons. The van der Waals surface area contributed by atoms with Crippen LogP contribution >= 0.6 is 23.5 Å². The predicted octanol–water partition coefficient (Wildman–Crippen LogP) is -0.768. The van der Waals surface area contributed by atoms with E-state index in [0.29, 0.717) is 27.9 Å². The molecule has 1 saturated heterocycles. The quantitative estimate of drug-likeness (QED) is 0.243. The minimum Gasteiger partial charge on any atom is -0.870 e. The summed E-state index contributed by atoms with van der Waals surface area (Å²) in [6.07, 6.45) is 3.20. The van der Waals surface area contributed by atoms with Crippen LogP contribution in [0.15, 0.2) is 41.0 Å². The third-order valence-electron chi connectivity index (χ3n) is 4.74. The Morgan fingerprint density at radius 1 is 1.34 bits per heavy atom. The highest BCUT2D eigenvalue weighted by Gasteiger charge is 2.53. The molecule has 2 aliphatic heterocycles. The maximum absolute atomic E-state index is 12.8. The summed E-state index contributed by atoms with van der Waals surface area (Å²) in [7, 11) is 1.70. The molecule has 4 heterocycles. The number of hydrogen-bond acceptors (Lipinski definition) is 10. The Hall–Kier alpha value is -3.17. The molecule has 1 fully saturated rings. The number of carbonyl (C=O) groups is 3. The number of nitrogens with zero attached hydrogens (tertiary/aromatic N) is 6. The summed E-state index contributed by atoms with van der Waals surface area (Å²) in [6.45, 7) is -0.160. The number of anilines is 1. The fraction of sp³-hybridized carbons (Fsp3) is 0.353. The summed E-state index contributed by atoms with van der Waals surface area (Å²) in [5.41, 5.74) is 1.31. The zero-order valence-electron chi connectivity index (χ0n) is 16.7. The molecule has 1 amide bonds. The van der Waals surface area contributed by atoms with Crippen molar-refractivity contribution in [1.29, 1.82) is 0 Å². The van der Waals surface area contributed by atoms with Gasteiger partial charge in [0.25, 0.3) is 5.91 Å². The van der Waals surface area contributed by atoms with Crippen molar-refractivity contribution in [3.05, 3.63) is 35.8 Å². The van der Waals surface area contributed by atoms with Gasteiger partial charge in [-0.15, -0.1) is 16.9 Å². The van der Waals surface area contributed by atoms with Gasteiger partial charge in [-0.2, -0.15) is 4.57 Å². The van der Waals surface area contributed by atoms with Crippen LogP contribution in [0.2, 0.25) is 0 Å². The Balaban J connectivity index is 0.00000289. The third-order valence-corrected chi connectivity index (χ3v) is 7.17. The summed E-state index contributed by atoms with van der Waals surface area (Å²) in [5, 5.41) is 33.1. The van der Waals surface area contributed by atoms with Crippen LogP contribution in [0.4, 0.5) is 5.69 Å². The van der Waals surface area contributed by atoms with E-state index in [2.05, 4.69) is 20.8 Å². The lowest BCUT2D eigenvalue weighted by atomic mass is 10.0. The molecule has 0 bridgehead atoms. The third kappa shape index (κ3) is 4.53. The summed E-state index contributed by atoms with van der Waals surface area (Å²) in [4.78, 5) is 36.8. The van der Waals surface area contributed by atoms with E-state index in [-0.39, 0.29) is 29.0 Å². The lowest BCUT2D eigenvalue weighted by Crippen LogP contribution is -2.67. The average Bonchev–Trinajstić information content (AvgIpc) is 3.15. The van der Waals surface area contributed by atoms with E-state index in [4.69, 9.17) is 5.11 Å². The molecular formula is C17H19N7O6S2. The minimum atomic E-state index is -1.14. The molecular weight excluding hydrogens is 462 g/mol. The molecule has 0 saturated carbocycles. The smallest absolute Gasteiger partial charge is 0.370 e. The van der Waals surface area contributed by atoms with E-state index < -0.39 is 18.0 Å². The van der Waals surface area contributed by atoms with Gasteiger partial charge >= 0.3 is 11.9 Å². The van der Waals surface area contributed by atoms with Crippen LogP contribution in [0.5, 0.6) is 0 Å². The van der Waals surface area contributed by atoms with Crippen LogP contribution in [0.25, 0.3) is 0 Å². The molecule has 2 aromatic rings. The molecule has 2 aromatic heterocycles. The molecule has 0 aromatic carbocycles. The highest BCUT2D eigenvalue weighted by molar-refractivity contribution is 8.01. The molecule has 4 N–H and O–H groups in total. The van der Waals surface area contributed by atoms with Crippen LogP contribution in [0, 0.1) is 0 Å². The summed E-state index contributed by atoms with van der Waals surface area (Å²) >= 11 is 2.81. The van der Waals surface area contributed by atoms with Gasteiger partial charge in [-0.1, -0.05) is 11.8 Å². The number of aromatic nitrogens is 5. The summed E-state index contributed by atoms with van der Waals surface area (Å²) in [6, 6.07) is 2.79. The van der Waals surface area contributed by atoms with Gasteiger partial charge in [-0.05, 0) is 16.0 Å². The topological polar surface area (TPSA) is 184 Å². The molecule has 4 rings (SSSR count). The van der Waals surface area contributed by atoms with Crippen molar-refractivity contribution < 1.29 is 34.6 Å². The fourth-order valence-corrected chi connectivity index (χ4v) is 5.62. The van der Waals surface area contributed by atoms with Crippen molar-refractivity contribution in [1.82, 2.24) is 25.1 Å². The number of aryl methyl sites for hydroxylation is 1. The highest BCUT2D eigenvalue weighted by Crippen LogP contribution is 2.42. The van der Waals surface area contributed by atoms with E-state index in [1.54, 1.807) is 31.6 Å². The van der Waals surface area contributed by atoms with E-state index in [1.807, 2.05) is 0 Å². The Kier molecular flexibility index (Phi) is 7.00.